The molecule has 0 atom stereocenters. The van der Waals surface area contributed by atoms with Crippen LogP contribution in [0.4, 0.5) is 10.5 Å². The van der Waals surface area contributed by atoms with Crippen LogP contribution in [0.15, 0.2) is 85.1 Å². The number of fused-ring (bicyclic) bond motifs is 1. The van der Waals surface area contributed by atoms with Gasteiger partial charge in [0.05, 0.1) is 12.2 Å². The minimum atomic E-state index is -0.0502. The number of hydrogen-bond donors (Lipinski definition) is 1. The Hall–Kier alpha value is -3.53. The van der Waals surface area contributed by atoms with Crippen LogP contribution in [0.3, 0.4) is 0 Å². The highest BCUT2D eigenvalue weighted by atomic mass is 16.2. The van der Waals surface area contributed by atoms with Crippen LogP contribution >= 0.6 is 0 Å². The van der Waals surface area contributed by atoms with E-state index in [1.165, 1.54) is 11.1 Å². The second-order valence-electron chi connectivity index (χ2n) is 8.70. The summed E-state index contributed by atoms with van der Waals surface area (Å²) in [6, 6.07) is 26.9. The number of carbonyl (C=O) groups is 1. The van der Waals surface area contributed by atoms with E-state index in [1.807, 2.05) is 29.2 Å². The fraction of sp³-hybridized carbons (Fsp3) is 0.276. The van der Waals surface area contributed by atoms with Crippen LogP contribution < -0.4 is 5.32 Å². The molecule has 0 aliphatic rings. The van der Waals surface area contributed by atoms with E-state index in [0.717, 1.165) is 54.5 Å². The van der Waals surface area contributed by atoms with Gasteiger partial charge in [-0.2, -0.15) is 0 Å². The monoisotopic (exact) mass is 439 g/mol. The maximum Gasteiger partial charge on any atom is 0.322 e. The smallest absolute Gasteiger partial charge is 0.322 e. The third-order valence-electron chi connectivity index (χ3n) is 6.06. The summed E-state index contributed by atoms with van der Waals surface area (Å²) in [7, 11) is 0. The van der Waals surface area contributed by atoms with Gasteiger partial charge >= 0.3 is 6.03 Å². The number of hydrogen-bond acceptors (Lipinski definition) is 1. The maximum absolute atomic E-state index is 13.4. The lowest BCUT2D eigenvalue weighted by Crippen LogP contribution is -2.36. The number of benzene rings is 3. The lowest BCUT2D eigenvalue weighted by atomic mass is 10.1. The molecule has 33 heavy (non-hydrogen) atoms. The predicted octanol–water partition coefficient (Wildman–Crippen LogP) is 7.22. The number of nitrogens with zero attached hydrogens (tertiary/aromatic N) is 2. The molecule has 0 aliphatic carbocycles. The van der Waals surface area contributed by atoms with Gasteiger partial charge in [-0.15, -0.1) is 0 Å². The molecule has 0 saturated heterocycles. The molecule has 0 fully saturated rings. The van der Waals surface area contributed by atoms with Crippen LogP contribution in [0.2, 0.25) is 0 Å². The van der Waals surface area contributed by atoms with Gasteiger partial charge in [-0.1, -0.05) is 86.0 Å². The van der Waals surface area contributed by atoms with Crippen molar-refractivity contribution in [2.75, 3.05) is 11.9 Å². The summed E-state index contributed by atoms with van der Waals surface area (Å²) in [5.41, 5.74) is 4.52. The Morgan fingerprint density at radius 1 is 0.939 bits per heavy atom. The highest BCUT2D eigenvalue weighted by Gasteiger charge is 2.17. The number of rotatable bonds is 9. The zero-order chi connectivity index (χ0) is 23.0. The van der Waals surface area contributed by atoms with Crippen molar-refractivity contribution in [2.24, 2.45) is 0 Å². The Morgan fingerprint density at radius 3 is 2.61 bits per heavy atom. The standard InChI is InChI=1S/C29H33N3O/c1-3-4-7-18-32(29(33)30-28-17-9-14-25-13-5-6-16-27(25)28)22-26-15-10-19-31(26)21-24-12-8-11-23(2)20-24/h5-6,8-17,19-20H,3-4,7,18,21-22H2,1-2H3,(H,30,33). The number of anilines is 1. The number of urea groups is 1. The molecular formula is C29H33N3O. The van der Waals surface area contributed by atoms with Crippen LogP contribution in [-0.4, -0.2) is 22.0 Å². The van der Waals surface area contributed by atoms with E-state index in [4.69, 9.17) is 0 Å². The van der Waals surface area contributed by atoms with Crippen molar-refractivity contribution in [3.05, 3.63) is 102 Å². The SMILES string of the molecule is CCCCCN(Cc1cccn1Cc1cccc(C)c1)C(=O)Nc1cccc2ccccc12. The second kappa shape index (κ2) is 10.9. The molecule has 2 amide bonds. The van der Waals surface area contributed by atoms with Crippen molar-refractivity contribution in [1.82, 2.24) is 9.47 Å². The van der Waals surface area contributed by atoms with E-state index in [-0.39, 0.29) is 6.03 Å². The molecule has 3 aromatic carbocycles. The quantitative estimate of drug-likeness (QED) is 0.275. The summed E-state index contributed by atoms with van der Waals surface area (Å²) in [6.45, 7) is 6.43. The summed E-state index contributed by atoms with van der Waals surface area (Å²) >= 11 is 0. The zero-order valence-corrected chi connectivity index (χ0v) is 19.6. The Kier molecular flexibility index (Phi) is 7.46. The number of aryl methyl sites for hydroxylation is 1. The molecule has 4 rings (SSSR count). The van der Waals surface area contributed by atoms with E-state index >= 15 is 0 Å². The van der Waals surface area contributed by atoms with Crippen LogP contribution in [0.1, 0.15) is 43.0 Å². The first-order valence-corrected chi connectivity index (χ1v) is 11.9. The first-order chi connectivity index (χ1) is 16.1. The lowest BCUT2D eigenvalue weighted by Gasteiger charge is -2.24. The molecule has 0 unspecified atom stereocenters. The Bertz CT molecular complexity index is 1200. The van der Waals surface area contributed by atoms with Crippen LogP contribution in [-0.2, 0) is 13.1 Å². The van der Waals surface area contributed by atoms with Crippen LogP contribution in [0, 0.1) is 6.92 Å². The molecule has 170 valence electrons. The summed E-state index contributed by atoms with van der Waals surface area (Å²) < 4.78 is 2.24. The highest BCUT2D eigenvalue weighted by molar-refractivity contribution is 6.01. The summed E-state index contributed by atoms with van der Waals surface area (Å²) in [5, 5.41) is 5.36. The fourth-order valence-corrected chi connectivity index (χ4v) is 4.28. The van der Waals surface area contributed by atoms with Gasteiger partial charge in [-0.25, -0.2) is 4.79 Å². The fourth-order valence-electron chi connectivity index (χ4n) is 4.28. The third kappa shape index (κ3) is 5.83. The van der Waals surface area contributed by atoms with Gasteiger partial charge in [-0.05, 0) is 42.5 Å². The summed E-state index contributed by atoms with van der Waals surface area (Å²) in [4.78, 5) is 15.3. The van der Waals surface area contributed by atoms with Gasteiger partial charge in [0.25, 0.3) is 0 Å². The molecule has 0 aliphatic heterocycles. The van der Waals surface area contributed by atoms with Crippen molar-refractivity contribution >= 4 is 22.5 Å². The topological polar surface area (TPSA) is 37.3 Å². The van der Waals surface area contributed by atoms with Crippen molar-refractivity contribution < 1.29 is 4.79 Å². The van der Waals surface area contributed by atoms with Gasteiger partial charge in [0.1, 0.15) is 0 Å². The molecule has 4 aromatic rings. The molecule has 4 heteroatoms. The number of carbonyl (C=O) groups excluding carboxylic acids is 1. The molecule has 0 radical (unpaired) electrons. The Morgan fingerprint density at radius 2 is 1.76 bits per heavy atom. The molecule has 1 heterocycles. The minimum absolute atomic E-state index is 0.0502. The van der Waals surface area contributed by atoms with E-state index in [9.17, 15) is 4.79 Å². The molecular weight excluding hydrogens is 406 g/mol. The van der Waals surface area contributed by atoms with E-state index in [1.54, 1.807) is 0 Å². The first-order valence-electron chi connectivity index (χ1n) is 11.9. The Balaban J connectivity index is 1.53. The van der Waals surface area contributed by atoms with Crippen LogP contribution in [0.25, 0.3) is 10.8 Å². The Labute approximate surface area is 196 Å². The van der Waals surface area contributed by atoms with Crippen molar-refractivity contribution in [1.29, 1.82) is 0 Å². The second-order valence-corrected chi connectivity index (χ2v) is 8.70. The zero-order valence-electron chi connectivity index (χ0n) is 19.6. The van der Waals surface area contributed by atoms with E-state index < -0.39 is 0 Å². The third-order valence-corrected chi connectivity index (χ3v) is 6.06. The van der Waals surface area contributed by atoms with Gasteiger partial charge in [-0.3, -0.25) is 0 Å². The first kappa shape index (κ1) is 22.7. The molecule has 1 N–H and O–H groups in total. The largest absolute Gasteiger partial charge is 0.345 e. The molecule has 0 bridgehead atoms. The summed E-state index contributed by atoms with van der Waals surface area (Å²) in [6.07, 6.45) is 5.34. The average Bonchev–Trinajstić information content (AvgIpc) is 3.25. The average molecular weight is 440 g/mol. The van der Waals surface area contributed by atoms with Gasteiger partial charge < -0.3 is 14.8 Å². The molecule has 1 aromatic heterocycles. The predicted molar refractivity (Wildman–Crippen MR) is 138 cm³/mol. The molecule has 0 saturated carbocycles. The number of amides is 2. The summed E-state index contributed by atoms with van der Waals surface area (Å²) in [5.74, 6) is 0. The van der Waals surface area contributed by atoms with Gasteiger partial charge in [0, 0.05) is 30.4 Å². The van der Waals surface area contributed by atoms with Crippen molar-refractivity contribution in [3.63, 3.8) is 0 Å². The van der Waals surface area contributed by atoms with E-state index in [0.29, 0.717) is 6.54 Å². The van der Waals surface area contributed by atoms with Gasteiger partial charge in [0.2, 0.25) is 0 Å². The number of aromatic nitrogens is 1. The van der Waals surface area contributed by atoms with Crippen molar-refractivity contribution in [3.8, 4) is 0 Å². The highest BCUT2D eigenvalue weighted by Crippen LogP contribution is 2.23. The van der Waals surface area contributed by atoms with Gasteiger partial charge in [0.15, 0.2) is 0 Å². The van der Waals surface area contributed by atoms with Crippen LogP contribution in [0.5, 0.6) is 0 Å². The lowest BCUT2D eigenvalue weighted by molar-refractivity contribution is 0.206. The normalized spacial score (nSPS) is 11.0. The number of unbranched alkanes of at least 4 members (excludes halogenated alkanes) is 2. The maximum atomic E-state index is 13.4. The minimum Gasteiger partial charge on any atom is -0.345 e. The molecule has 4 nitrogen and oxygen atoms in total. The van der Waals surface area contributed by atoms with E-state index in [2.05, 4.69) is 84.5 Å². The number of nitrogens with one attached hydrogen (secondary N) is 1. The van der Waals surface area contributed by atoms with Crippen molar-refractivity contribution in [2.45, 2.75) is 46.2 Å². The molecule has 0 spiro atoms.